The number of hydrogen-bond donors (Lipinski definition) is 1. The molecule has 0 bridgehead atoms. The summed E-state index contributed by atoms with van der Waals surface area (Å²) in [4.78, 5) is 7.60. The van der Waals surface area contributed by atoms with E-state index in [1.54, 1.807) is 0 Å². The summed E-state index contributed by atoms with van der Waals surface area (Å²) in [5.41, 5.74) is 4.59. The number of benzene rings is 3. The summed E-state index contributed by atoms with van der Waals surface area (Å²) >= 11 is 12.7. The molecule has 1 aliphatic heterocycles. The predicted molar refractivity (Wildman–Crippen MR) is 174 cm³/mol. The van der Waals surface area contributed by atoms with Crippen LogP contribution in [0.2, 0.25) is 10.0 Å². The fraction of sp³-hybridized carbons (Fsp3) is 0.457. The van der Waals surface area contributed by atoms with Gasteiger partial charge in [-0.1, -0.05) is 104 Å². The Morgan fingerprint density at radius 3 is 2.45 bits per heavy atom. The second-order valence-corrected chi connectivity index (χ2v) is 12.1. The van der Waals surface area contributed by atoms with Gasteiger partial charge in [-0.15, -0.1) is 0 Å². The molecule has 1 saturated heterocycles. The lowest BCUT2D eigenvalue weighted by atomic mass is 9.96. The molecule has 0 aliphatic carbocycles. The van der Waals surface area contributed by atoms with Crippen LogP contribution in [-0.4, -0.2) is 42.5 Å². The number of piperidine rings is 1. The number of ether oxygens (including phenoxy) is 1. The standard InChI is InChI=1S/C35H44Cl2N2O3/c1-3-4-5-6-7-11-34(40)29-10-8-9-27(22-29)24-39-20-18-26(19-21-39)25-42-31-16-17-32(33(37)23-31)35(38-41-2)28-12-14-30(36)15-13-28/h8-10,12-17,22-23,26,34,40H,3-7,11,18-21,24-25H2,1-2H3/b38-35+/t34-/m0/s1. The molecular formula is C35H44Cl2N2O3. The second-order valence-electron chi connectivity index (χ2n) is 11.3. The van der Waals surface area contributed by atoms with Crippen LogP contribution in [0.1, 0.15) is 86.6 Å². The summed E-state index contributed by atoms with van der Waals surface area (Å²) in [6.45, 7) is 5.89. The van der Waals surface area contributed by atoms with Crippen LogP contribution in [0.5, 0.6) is 5.75 Å². The third kappa shape index (κ3) is 9.74. The van der Waals surface area contributed by atoms with Crippen molar-refractivity contribution in [3.05, 3.63) is 99.0 Å². The molecule has 4 rings (SSSR count). The number of aliphatic hydroxyl groups excluding tert-OH is 1. The maximum Gasteiger partial charge on any atom is 0.120 e. The van der Waals surface area contributed by atoms with Gasteiger partial charge in [-0.2, -0.15) is 0 Å². The number of rotatable bonds is 15. The average molecular weight is 612 g/mol. The van der Waals surface area contributed by atoms with Crippen molar-refractivity contribution in [1.82, 2.24) is 4.90 Å². The van der Waals surface area contributed by atoms with Gasteiger partial charge in [0.25, 0.3) is 0 Å². The van der Waals surface area contributed by atoms with E-state index in [-0.39, 0.29) is 6.10 Å². The van der Waals surface area contributed by atoms with Gasteiger partial charge in [0.15, 0.2) is 0 Å². The van der Waals surface area contributed by atoms with Gasteiger partial charge in [-0.25, -0.2) is 0 Å². The van der Waals surface area contributed by atoms with Crippen LogP contribution < -0.4 is 4.74 Å². The fourth-order valence-corrected chi connectivity index (χ4v) is 5.91. The van der Waals surface area contributed by atoms with Crippen LogP contribution in [0, 0.1) is 5.92 Å². The second kappa shape index (κ2) is 16.9. The Morgan fingerprint density at radius 1 is 0.976 bits per heavy atom. The molecule has 0 spiro atoms. The zero-order valence-corrected chi connectivity index (χ0v) is 26.4. The van der Waals surface area contributed by atoms with Gasteiger partial charge >= 0.3 is 0 Å². The third-order valence-electron chi connectivity index (χ3n) is 8.01. The van der Waals surface area contributed by atoms with Crippen molar-refractivity contribution in [3.8, 4) is 5.75 Å². The SMILES string of the molecule is CCCCCCC[C@H](O)c1cccc(CN2CCC(COc3ccc(/C(=N/OC)c4ccc(Cl)cc4)c(Cl)c3)CC2)c1. The van der Waals surface area contributed by atoms with E-state index in [0.717, 1.165) is 67.8 Å². The summed E-state index contributed by atoms with van der Waals surface area (Å²) in [5, 5.41) is 16.1. The summed E-state index contributed by atoms with van der Waals surface area (Å²) in [6, 6.07) is 21.6. The summed E-state index contributed by atoms with van der Waals surface area (Å²) in [6.07, 6.45) is 8.75. The van der Waals surface area contributed by atoms with Crippen molar-refractivity contribution in [3.63, 3.8) is 0 Å². The Bertz CT molecular complexity index is 1270. The minimum Gasteiger partial charge on any atom is -0.493 e. The molecule has 1 aliphatic rings. The fourth-order valence-electron chi connectivity index (χ4n) is 5.52. The number of hydrogen-bond acceptors (Lipinski definition) is 5. The number of halogens is 2. The normalized spacial score (nSPS) is 15.5. The Morgan fingerprint density at radius 2 is 1.74 bits per heavy atom. The Kier molecular flexibility index (Phi) is 13.0. The van der Waals surface area contributed by atoms with Gasteiger partial charge in [0.2, 0.25) is 0 Å². The number of unbranched alkanes of at least 4 members (excludes halogenated alkanes) is 4. The predicted octanol–water partition coefficient (Wildman–Crippen LogP) is 9.08. The van der Waals surface area contributed by atoms with E-state index in [2.05, 4.69) is 41.2 Å². The highest BCUT2D eigenvalue weighted by Crippen LogP contribution is 2.28. The minimum atomic E-state index is -0.367. The number of aliphatic hydroxyl groups is 1. The molecule has 0 unspecified atom stereocenters. The average Bonchev–Trinajstić information content (AvgIpc) is 3.00. The first-order valence-electron chi connectivity index (χ1n) is 15.3. The van der Waals surface area contributed by atoms with E-state index in [4.69, 9.17) is 32.8 Å². The van der Waals surface area contributed by atoms with Crippen molar-refractivity contribution in [1.29, 1.82) is 0 Å². The molecule has 1 fully saturated rings. The van der Waals surface area contributed by atoms with Crippen molar-refractivity contribution in [2.75, 3.05) is 26.8 Å². The van der Waals surface area contributed by atoms with E-state index in [9.17, 15) is 5.11 Å². The lowest BCUT2D eigenvalue weighted by molar-refractivity contribution is 0.136. The molecule has 0 radical (unpaired) electrons. The van der Waals surface area contributed by atoms with Gasteiger partial charge in [0.05, 0.1) is 17.7 Å². The molecule has 1 heterocycles. The maximum absolute atomic E-state index is 10.7. The van der Waals surface area contributed by atoms with Crippen LogP contribution in [0.25, 0.3) is 0 Å². The Labute approximate surface area is 261 Å². The number of likely N-dealkylation sites (tertiary alicyclic amines) is 1. The third-order valence-corrected chi connectivity index (χ3v) is 8.58. The van der Waals surface area contributed by atoms with E-state index in [1.165, 1.54) is 38.4 Å². The minimum absolute atomic E-state index is 0.367. The molecule has 226 valence electrons. The molecule has 7 heteroatoms. The number of nitrogens with zero attached hydrogens (tertiary/aromatic N) is 2. The first kappa shape index (κ1) is 32.3. The van der Waals surface area contributed by atoms with Crippen LogP contribution in [0.3, 0.4) is 0 Å². The van der Waals surface area contributed by atoms with Crippen LogP contribution in [0.4, 0.5) is 0 Å². The van der Waals surface area contributed by atoms with E-state index in [0.29, 0.717) is 28.3 Å². The highest BCUT2D eigenvalue weighted by molar-refractivity contribution is 6.35. The Balaban J connectivity index is 1.24. The van der Waals surface area contributed by atoms with Gasteiger partial charge in [-0.3, -0.25) is 4.90 Å². The van der Waals surface area contributed by atoms with E-state index >= 15 is 0 Å². The topological polar surface area (TPSA) is 54.3 Å². The largest absolute Gasteiger partial charge is 0.493 e. The zero-order valence-electron chi connectivity index (χ0n) is 24.9. The number of oxime groups is 1. The highest BCUT2D eigenvalue weighted by atomic mass is 35.5. The van der Waals surface area contributed by atoms with Gasteiger partial charge in [0, 0.05) is 22.7 Å². The quantitative estimate of drug-likeness (QED) is 0.106. The van der Waals surface area contributed by atoms with Crippen LogP contribution in [-0.2, 0) is 11.4 Å². The van der Waals surface area contributed by atoms with E-state index in [1.807, 2.05) is 42.5 Å². The van der Waals surface area contributed by atoms with Crippen LogP contribution >= 0.6 is 23.2 Å². The smallest absolute Gasteiger partial charge is 0.120 e. The molecule has 0 saturated carbocycles. The first-order valence-corrected chi connectivity index (χ1v) is 16.0. The molecule has 5 nitrogen and oxygen atoms in total. The first-order chi connectivity index (χ1) is 20.5. The highest BCUT2D eigenvalue weighted by Gasteiger charge is 2.21. The molecule has 0 aromatic heterocycles. The van der Waals surface area contributed by atoms with Crippen molar-refractivity contribution >= 4 is 28.9 Å². The zero-order chi connectivity index (χ0) is 29.7. The van der Waals surface area contributed by atoms with Gasteiger partial charge < -0.3 is 14.7 Å². The van der Waals surface area contributed by atoms with Gasteiger partial charge in [-0.05, 0) is 79.7 Å². The molecule has 1 N–H and O–H groups in total. The Hall–Kier alpha value is -2.57. The summed E-state index contributed by atoms with van der Waals surface area (Å²) in [7, 11) is 1.52. The summed E-state index contributed by atoms with van der Waals surface area (Å²) in [5.74, 6) is 1.25. The monoisotopic (exact) mass is 610 g/mol. The molecular weight excluding hydrogens is 567 g/mol. The molecule has 3 aromatic rings. The molecule has 1 atom stereocenters. The van der Waals surface area contributed by atoms with Crippen molar-refractivity contribution in [2.45, 2.75) is 70.9 Å². The molecule has 42 heavy (non-hydrogen) atoms. The molecule has 0 amide bonds. The summed E-state index contributed by atoms with van der Waals surface area (Å²) < 4.78 is 6.17. The van der Waals surface area contributed by atoms with Crippen molar-refractivity contribution < 1.29 is 14.7 Å². The van der Waals surface area contributed by atoms with E-state index < -0.39 is 0 Å². The lowest BCUT2D eigenvalue weighted by Gasteiger charge is -2.32. The molecule has 3 aromatic carbocycles. The van der Waals surface area contributed by atoms with Gasteiger partial charge in [0.1, 0.15) is 18.6 Å². The van der Waals surface area contributed by atoms with Crippen LogP contribution in [0.15, 0.2) is 71.9 Å². The lowest BCUT2D eigenvalue weighted by Crippen LogP contribution is -2.35. The van der Waals surface area contributed by atoms with Crippen molar-refractivity contribution in [2.24, 2.45) is 11.1 Å². The maximum atomic E-state index is 10.7.